The van der Waals surface area contributed by atoms with E-state index in [4.69, 9.17) is 27.3 Å². The van der Waals surface area contributed by atoms with E-state index in [9.17, 15) is 4.21 Å². The van der Waals surface area contributed by atoms with Crippen molar-refractivity contribution in [1.29, 1.82) is 5.26 Å². The summed E-state index contributed by atoms with van der Waals surface area (Å²) in [5.41, 5.74) is 7.50. The lowest BCUT2D eigenvalue weighted by molar-refractivity contribution is 0.413. The summed E-state index contributed by atoms with van der Waals surface area (Å²) in [5, 5.41) is 9.44. The fourth-order valence-electron chi connectivity index (χ4n) is 1.85. The van der Waals surface area contributed by atoms with E-state index in [-0.39, 0.29) is 5.75 Å². The molecule has 2 rings (SSSR count). The molecule has 1 unspecified atom stereocenters. The highest BCUT2D eigenvalue weighted by Gasteiger charge is 2.11. The normalized spacial score (nSPS) is 11.7. The van der Waals surface area contributed by atoms with Crippen LogP contribution < -0.4 is 10.5 Å². The first-order valence-corrected chi connectivity index (χ1v) is 7.75. The summed E-state index contributed by atoms with van der Waals surface area (Å²) in [4.78, 5) is 0.505. The highest BCUT2D eigenvalue weighted by molar-refractivity contribution is 7.84. The van der Waals surface area contributed by atoms with E-state index >= 15 is 0 Å². The van der Waals surface area contributed by atoms with Crippen molar-refractivity contribution in [2.24, 2.45) is 0 Å². The lowest BCUT2D eigenvalue weighted by atomic mass is 10.1. The molecule has 0 fully saturated rings. The molecule has 2 N–H and O–H groups in total. The van der Waals surface area contributed by atoms with Crippen molar-refractivity contribution in [2.75, 3.05) is 12.8 Å². The molecule has 0 aliphatic rings. The van der Waals surface area contributed by atoms with E-state index in [1.165, 1.54) is 7.11 Å². The molecule has 6 heteroatoms. The molecule has 0 radical (unpaired) electrons. The molecule has 0 saturated carbocycles. The Morgan fingerprint density at radius 1 is 1.33 bits per heavy atom. The molecule has 0 spiro atoms. The van der Waals surface area contributed by atoms with Crippen LogP contribution in [0.3, 0.4) is 0 Å². The minimum absolute atomic E-state index is 0.270. The number of nitriles is 1. The van der Waals surface area contributed by atoms with Crippen LogP contribution in [0.4, 0.5) is 5.69 Å². The quantitative estimate of drug-likeness (QED) is 0.878. The zero-order valence-corrected chi connectivity index (χ0v) is 12.9. The van der Waals surface area contributed by atoms with Gasteiger partial charge in [-0.15, -0.1) is 0 Å². The van der Waals surface area contributed by atoms with Crippen LogP contribution in [-0.4, -0.2) is 11.3 Å². The zero-order chi connectivity index (χ0) is 15.4. The number of ether oxygens (including phenoxy) is 1. The Bertz CT molecular complexity index is 741. The van der Waals surface area contributed by atoms with Crippen molar-refractivity contribution < 1.29 is 8.95 Å². The average Bonchev–Trinajstić information content (AvgIpc) is 2.49. The second kappa shape index (κ2) is 6.61. The monoisotopic (exact) mass is 320 g/mol. The Morgan fingerprint density at radius 2 is 2.10 bits per heavy atom. The van der Waals surface area contributed by atoms with Gasteiger partial charge in [0.1, 0.15) is 11.8 Å². The molecule has 0 heterocycles. The molecule has 21 heavy (non-hydrogen) atoms. The summed E-state index contributed by atoms with van der Waals surface area (Å²) in [7, 11) is 0.169. The number of hydrogen-bond donors (Lipinski definition) is 1. The highest BCUT2D eigenvalue weighted by atomic mass is 35.5. The zero-order valence-electron chi connectivity index (χ0n) is 11.3. The third-order valence-corrected chi connectivity index (χ3v) is 4.58. The third kappa shape index (κ3) is 3.54. The molecule has 108 valence electrons. The van der Waals surface area contributed by atoms with Crippen LogP contribution in [-0.2, 0) is 16.6 Å². The lowest BCUT2D eigenvalue weighted by Gasteiger charge is -2.08. The average molecular weight is 321 g/mol. The molecule has 0 bridgehead atoms. The molecule has 0 aliphatic heterocycles. The van der Waals surface area contributed by atoms with Crippen LogP contribution >= 0.6 is 11.6 Å². The predicted molar refractivity (Wildman–Crippen MR) is 83.7 cm³/mol. The maximum Gasteiger partial charge on any atom is 0.136 e. The van der Waals surface area contributed by atoms with Crippen LogP contribution in [0.25, 0.3) is 0 Å². The second-order valence-corrected chi connectivity index (χ2v) is 6.17. The van der Waals surface area contributed by atoms with Gasteiger partial charge in [0.15, 0.2) is 0 Å². The van der Waals surface area contributed by atoms with Crippen molar-refractivity contribution in [3.63, 3.8) is 0 Å². The van der Waals surface area contributed by atoms with Crippen LogP contribution in [0.5, 0.6) is 5.75 Å². The van der Waals surface area contributed by atoms with Gasteiger partial charge in [-0.25, -0.2) is 0 Å². The van der Waals surface area contributed by atoms with Gasteiger partial charge in [-0.2, -0.15) is 5.26 Å². The minimum atomic E-state index is -1.32. The Kier molecular flexibility index (Phi) is 4.84. The Morgan fingerprint density at radius 3 is 2.76 bits per heavy atom. The maximum atomic E-state index is 12.4. The minimum Gasteiger partial charge on any atom is -0.495 e. The number of rotatable bonds is 4. The number of anilines is 1. The summed E-state index contributed by atoms with van der Waals surface area (Å²) in [6.45, 7) is 0. The van der Waals surface area contributed by atoms with E-state index in [0.717, 1.165) is 5.56 Å². The first-order chi connectivity index (χ1) is 10.0. The van der Waals surface area contributed by atoms with Crippen molar-refractivity contribution in [3.8, 4) is 11.8 Å². The number of nitrogens with zero attached hydrogens (tertiary/aromatic N) is 1. The van der Waals surface area contributed by atoms with Crippen molar-refractivity contribution in [3.05, 3.63) is 52.5 Å². The molecular weight excluding hydrogens is 308 g/mol. The van der Waals surface area contributed by atoms with E-state index < -0.39 is 10.8 Å². The van der Waals surface area contributed by atoms with Crippen LogP contribution in [0.15, 0.2) is 41.3 Å². The standard InChI is InChI=1S/C15H13ClN2O2S/c1-20-14-6-10(2-3-11(14)8-17)9-21(19)15-7-12(16)4-5-13(15)18/h2-7H,9,18H2,1H3. The summed E-state index contributed by atoms with van der Waals surface area (Å²) >= 11 is 5.91. The number of nitrogen functional groups attached to an aromatic ring is 1. The van der Waals surface area contributed by atoms with Crippen LogP contribution in [0, 0.1) is 11.3 Å². The summed E-state index contributed by atoms with van der Waals surface area (Å²) in [6, 6.07) is 12.0. The van der Waals surface area contributed by atoms with Gasteiger partial charge >= 0.3 is 0 Å². The van der Waals surface area contributed by atoms with Gasteiger partial charge in [-0.3, -0.25) is 4.21 Å². The Hall–Kier alpha value is -2.03. The summed E-state index contributed by atoms with van der Waals surface area (Å²) < 4.78 is 17.5. The molecule has 0 saturated heterocycles. The molecule has 0 aliphatic carbocycles. The molecule has 1 atom stereocenters. The fraction of sp³-hybridized carbons (Fsp3) is 0.133. The first-order valence-electron chi connectivity index (χ1n) is 6.05. The topological polar surface area (TPSA) is 76.1 Å². The van der Waals surface area contributed by atoms with Crippen LogP contribution in [0.1, 0.15) is 11.1 Å². The van der Waals surface area contributed by atoms with Gasteiger partial charge in [0.25, 0.3) is 0 Å². The Balaban J connectivity index is 2.28. The Labute approximate surface area is 130 Å². The van der Waals surface area contributed by atoms with Crippen molar-refractivity contribution in [2.45, 2.75) is 10.6 Å². The van der Waals surface area contributed by atoms with Gasteiger partial charge < -0.3 is 10.5 Å². The molecule has 2 aromatic rings. The van der Waals surface area contributed by atoms with Gasteiger partial charge in [0.2, 0.25) is 0 Å². The third-order valence-electron chi connectivity index (χ3n) is 2.91. The van der Waals surface area contributed by atoms with Crippen molar-refractivity contribution in [1.82, 2.24) is 0 Å². The number of hydrogen-bond acceptors (Lipinski definition) is 4. The van der Waals surface area contributed by atoms with E-state index in [2.05, 4.69) is 0 Å². The largest absolute Gasteiger partial charge is 0.495 e. The van der Waals surface area contributed by atoms with E-state index in [0.29, 0.717) is 26.9 Å². The number of methoxy groups -OCH3 is 1. The smallest absolute Gasteiger partial charge is 0.136 e. The number of nitrogens with two attached hydrogens (primary N) is 1. The van der Waals surface area contributed by atoms with Gasteiger partial charge in [-0.05, 0) is 35.9 Å². The number of halogens is 1. The molecule has 4 nitrogen and oxygen atoms in total. The number of benzene rings is 2. The molecule has 0 amide bonds. The lowest BCUT2D eigenvalue weighted by Crippen LogP contribution is -2.01. The van der Waals surface area contributed by atoms with Gasteiger partial charge in [-0.1, -0.05) is 17.7 Å². The van der Waals surface area contributed by atoms with Gasteiger partial charge in [0.05, 0.1) is 34.1 Å². The van der Waals surface area contributed by atoms with Crippen molar-refractivity contribution >= 4 is 28.1 Å². The molecule has 2 aromatic carbocycles. The summed E-state index contributed by atoms with van der Waals surface area (Å²) in [5.74, 6) is 0.734. The highest BCUT2D eigenvalue weighted by Crippen LogP contribution is 2.25. The fourth-order valence-corrected chi connectivity index (χ4v) is 3.32. The van der Waals surface area contributed by atoms with Crippen LogP contribution in [0.2, 0.25) is 5.02 Å². The second-order valence-electron chi connectivity index (χ2n) is 4.32. The van der Waals surface area contributed by atoms with E-state index in [1.54, 1.807) is 36.4 Å². The SMILES string of the molecule is COc1cc(CS(=O)c2cc(Cl)ccc2N)ccc1C#N. The molecular formula is C15H13ClN2O2S. The molecule has 0 aromatic heterocycles. The van der Waals surface area contributed by atoms with E-state index in [1.807, 2.05) is 6.07 Å². The van der Waals surface area contributed by atoms with Gasteiger partial charge in [0, 0.05) is 10.7 Å². The first kappa shape index (κ1) is 15.4. The predicted octanol–water partition coefficient (Wildman–Crippen LogP) is 3.11. The summed E-state index contributed by atoms with van der Waals surface area (Å²) in [6.07, 6.45) is 0. The maximum absolute atomic E-state index is 12.4.